The van der Waals surface area contributed by atoms with Gasteiger partial charge in [0.2, 0.25) is 5.91 Å². The third kappa shape index (κ3) is 7.17. The average molecular weight is 335 g/mol. The Morgan fingerprint density at radius 3 is 2.30 bits per heavy atom. The molecule has 1 amide bonds. The standard InChI is InChI=1S/C18H22N2O2.ClH/c1-19-12-11-18(21)20-13-15-7-9-16(10-8-15)14-22-17-5-3-2-4-6-17;/h2-10,19H,11-14H2,1H3,(H,20,21);1H. The molecule has 0 radical (unpaired) electrons. The number of para-hydroxylation sites is 1. The lowest BCUT2D eigenvalue weighted by Crippen LogP contribution is -2.26. The first-order valence-electron chi connectivity index (χ1n) is 7.45. The highest BCUT2D eigenvalue weighted by atomic mass is 35.5. The highest BCUT2D eigenvalue weighted by Crippen LogP contribution is 2.12. The predicted molar refractivity (Wildman–Crippen MR) is 94.9 cm³/mol. The second kappa shape index (κ2) is 10.6. The fraction of sp³-hybridized carbons (Fsp3) is 0.278. The Morgan fingerprint density at radius 2 is 1.65 bits per heavy atom. The largest absolute Gasteiger partial charge is 0.489 e. The van der Waals surface area contributed by atoms with Crippen molar-refractivity contribution in [2.75, 3.05) is 13.6 Å². The number of halogens is 1. The van der Waals surface area contributed by atoms with Gasteiger partial charge in [-0.1, -0.05) is 42.5 Å². The summed E-state index contributed by atoms with van der Waals surface area (Å²) in [6, 6.07) is 17.8. The van der Waals surface area contributed by atoms with Gasteiger partial charge in [0.05, 0.1) is 0 Å². The average Bonchev–Trinajstić information content (AvgIpc) is 2.58. The fourth-order valence-corrected chi connectivity index (χ4v) is 1.96. The van der Waals surface area contributed by atoms with Crippen molar-refractivity contribution in [2.24, 2.45) is 0 Å². The number of carbonyl (C=O) groups is 1. The summed E-state index contributed by atoms with van der Waals surface area (Å²) in [7, 11) is 1.84. The van der Waals surface area contributed by atoms with Gasteiger partial charge >= 0.3 is 0 Å². The van der Waals surface area contributed by atoms with E-state index in [0.717, 1.165) is 16.9 Å². The molecule has 124 valence electrons. The zero-order chi connectivity index (χ0) is 15.6. The second-order valence-electron chi connectivity index (χ2n) is 5.05. The lowest BCUT2D eigenvalue weighted by molar-refractivity contribution is -0.121. The van der Waals surface area contributed by atoms with Crippen LogP contribution in [0.25, 0.3) is 0 Å². The van der Waals surface area contributed by atoms with Crippen molar-refractivity contribution in [2.45, 2.75) is 19.6 Å². The first-order valence-corrected chi connectivity index (χ1v) is 7.45. The number of nitrogens with one attached hydrogen (secondary N) is 2. The van der Waals surface area contributed by atoms with E-state index in [9.17, 15) is 4.79 Å². The number of hydrogen-bond donors (Lipinski definition) is 2. The molecule has 23 heavy (non-hydrogen) atoms. The van der Waals surface area contributed by atoms with E-state index in [1.807, 2.05) is 61.6 Å². The van der Waals surface area contributed by atoms with Crippen LogP contribution in [0.3, 0.4) is 0 Å². The molecule has 0 saturated heterocycles. The quantitative estimate of drug-likeness (QED) is 0.780. The number of rotatable bonds is 8. The first-order chi connectivity index (χ1) is 10.8. The third-order valence-electron chi connectivity index (χ3n) is 3.26. The van der Waals surface area contributed by atoms with E-state index in [0.29, 0.717) is 26.1 Å². The molecule has 0 saturated carbocycles. The van der Waals surface area contributed by atoms with Crippen molar-refractivity contribution < 1.29 is 9.53 Å². The molecule has 0 heterocycles. The Morgan fingerprint density at radius 1 is 1.00 bits per heavy atom. The SMILES string of the molecule is CNCCC(=O)NCc1ccc(COc2ccccc2)cc1.Cl. The molecule has 0 aliphatic carbocycles. The van der Waals surface area contributed by atoms with Crippen molar-refractivity contribution in [3.8, 4) is 5.75 Å². The van der Waals surface area contributed by atoms with Gasteiger partial charge in [-0.05, 0) is 30.3 Å². The minimum atomic E-state index is 0. The Bertz CT molecular complexity index is 573. The maximum absolute atomic E-state index is 11.5. The highest BCUT2D eigenvalue weighted by Gasteiger charge is 2.01. The molecule has 0 spiro atoms. The summed E-state index contributed by atoms with van der Waals surface area (Å²) < 4.78 is 5.70. The minimum Gasteiger partial charge on any atom is -0.489 e. The number of hydrogen-bond acceptors (Lipinski definition) is 3. The van der Waals surface area contributed by atoms with Crippen LogP contribution in [0.15, 0.2) is 54.6 Å². The summed E-state index contributed by atoms with van der Waals surface area (Å²) in [4.78, 5) is 11.5. The molecule has 0 atom stereocenters. The molecular formula is C18H23ClN2O2. The summed E-state index contributed by atoms with van der Waals surface area (Å²) in [5.41, 5.74) is 2.19. The van der Waals surface area contributed by atoms with Gasteiger partial charge in [0, 0.05) is 19.5 Å². The Kier molecular flexibility index (Phi) is 8.80. The van der Waals surface area contributed by atoms with Gasteiger partial charge in [0.15, 0.2) is 0 Å². The van der Waals surface area contributed by atoms with Crippen molar-refractivity contribution in [1.29, 1.82) is 0 Å². The van der Waals surface area contributed by atoms with E-state index >= 15 is 0 Å². The topological polar surface area (TPSA) is 50.4 Å². The maximum atomic E-state index is 11.5. The van der Waals surface area contributed by atoms with Crippen LogP contribution in [0.4, 0.5) is 0 Å². The lowest BCUT2D eigenvalue weighted by Gasteiger charge is -2.08. The number of amides is 1. The number of carbonyl (C=O) groups excluding carboxylic acids is 1. The van der Waals surface area contributed by atoms with Gasteiger partial charge in [0.25, 0.3) is 0 Å². The Labute approximate surface area is 143 Å². The molecule has 2 N–H and O–H groups in total. The normalized spacial score (nSPS) is 9.78. The smallest absolute Gasteiger partial charge is 0.221 e. The van der Waals surface area contributed by atoms with Crippen molar-refractivity contribution in [3.63, 3.8) is 0 Å². The molecule has 0 unspecified atom stereocenters. The highest BCUT2D eigenvalue weighted by molar-refractivity contribution is 5.85. The van der Waals surface area contributed by atoms with E-state index in [4.69, 9.17) is 4.74 Å². The van der Waals surface area contributed by atoms with Gasteiger partial charge in [-0.25, -0.2) is 0 Å². The molecule has 0 aliphatic rings. The van der Waals surface area contributed by atoms with Crippen LogP contribution in [-0.4, -0.2) is 19.5 Å². The van der Waals surface area contributed by atoms with Gasteiger partial charge in [-0.3, -0.25) is 4.79 Å². The molecule has 2 rings (SSSR count). The van der Waals surface area contributed by atoms with E-state index < -0.39 is 0 Å². The predicted octanol–water partition coefficient (Wildman–Crippen LogP) is 2.91. The van der Waals surface area contributed by atoms with Gasteiger partial charge in [-0.2, -0.15) is 0 Å². The fourth-order valence-electron chi connectivity index (χ4n) is 1.96. The summed E-state index contributed by atoms with van der Waals surface area (Å²) >= 11 is 0. The van der Waals surface area contributed by atoms with Crippen molar-refractivity contribution >= 4 is 18.3 Å². The van der Waals surface area contributed by atoms with Crippen LogP contribution in [0.2, 0.25) is 0 Å². The molecule has 5 heteroatoms. The van der Waals surface area contributed by atoms with E-state index in [1.165, 1.54) is 0 Å². The molecule has 2 aromatic carbocycles. The third-order valence-corrected chi connectivity index (χ3v) is 3.26. The molecule has 0 aliphatic heterocycles. The van der Waals surface area contributed by atoms with Crippen LogP contribution in [0.5, 0.6) is 5.75 Å². The Balaban J connectivity index is 0.00000264. The van der Waals surface area contributed by atoms with E-state index in [2.05, 4.69) is 10.6 Å². The summed E-state index contributed by atoms with van der Waals surface area (Å²) in [6.07, 6.45) is 0.500. The summed E-state index contributed by atoms with van der Waals surface area (Å²) in [5, 5.41) is 5.86. The molecular weight excluding hydrogens is 312 g/mol. The molecule has 0 bridgehead atoms. The minimum absolute atomic E-state index is 0. The number of ether oxygens (including phenoxy) is 1. The molecule has 2 aromatic rings. The van der Waals surface area contributed by atoms with Crippen LogP contribution in [-0.2, 0) is 17.9 Å². The van der Waals surface area contributed by atoms with Crippen molar-refractivity contribution in [1.82, 2.24) is 10.6 Å². The van der Waals surface area contributed by atoms with Crippen LogP contribution in [0.1, 0.15) is 17.5 Å². The molecule has 0 aromatic heterocycles. The molecule has 4 nitrogen and oxygen atoms in total. The van der Waals surface area contributed by atoms with E-state index in [1.54, 1.807) is 0 Å². The Hall–Kier alpha value is -2.04. The van der Waals surface area contributed by atoms with Gasteiger partial charge in [-0.15, -0.1) is 12.4 Å². The monoisotopic (exact) mass is 334 g/mol. The number of benzene rings is 2. The summed E-state index contributed by atoms with van der Waals surface area (Å²) in [6.45, 7) is 1.79. The lowest BCUT2D eigenvalue weighted by atomic mass is 10.1. The van der Waals surface area contributed by atoms with Crippen molar-refractivity contribution in [3.05, 3.63) is 65.7 Å². The second-order valence-corrected chi connectivity index (χ2v) is 5.05. The summed E-state index contributed by atoms with van der Waals surface area (Å²) in [5.74, 6) is 0.925. The van der Waals surface area contributed by atoms with Crippen LogP contribution in [0, 0.1) is 0 Å². The van der Waals surface area contributed by atoms with Gasteiger partial charge < -0.3 is 15.4 Å². The first kappa shape index (κ1) is 19.0. The van der Waals surface area contributed by atoms with Crippen LogP contribution < -0.4 is 15.4 Å². The zero-order valence-corrected chi connectivity index (χ0v) is 14.1. The van der Waals surface area contributed by atoms with Crippen LogP contribution >= 0.6 is 12.4 Å². The molecule has 0 fully saturated rings. The maximum Gasteiger partial charge on any atom is 0.221 e. The van der Waals surface area contributed by atoms with Gasteiger partial charge in [0.1, 0.15) is 12.4 Å². The van der Waals surface area contributed by atoms with E-state index in [-0.39, 0.29) is 18.3 Å². The zero-order valence-electron chi connectivity index (χ0n) is 13.2.